The van der Waals surface area contributed by atoms with Crippen LogP contribution in [0.1, 0.15) is 31.4 Å². The molecule has 0 aliphatic heterocycles. The van der Waals surface area contributed by atoms with Crippen LogP contribution in [-0.2, 0) is 10.2 Å². The second-order valence-corrected chi connectivity index (χ2v) is 6.21. The van der Waals surface area contributed by atoms with Crippen LogP contribution < -0.4 is 0 Å². The number of benzene rings is 2. The van der Waals surface area contributed by atoms with Crippen molar-refractivity contribution in [1.82, 2.24) is 4.90 Å². The van der Waals surface area contributed by atoms with E-state index < -0.39 is 5.41 Å². The third kappa shape index (κ3) is 4.01. The van der Waals surface area contributed by atoms with Crippen LogP contribution in [0.4, 0.5) is 0 Å². The fraction of sp³-hybridized carbons (Fsp3) is 0.350. The van der Waals surface area contributed by atoms with Crippen molar-refractivity contribution in [2.24, 2.45) is 0 Å². The van der Waals surface area contributed by atoms with Crippen molar-refractivity contribution in [3.63, 3.8) is 0 Å². The Hall–Kier alpha value is -1.64. The van der Waals surface area contributed by atoms with Gasteiger partial charge < -0.3 is 4.90 Å². The summed E-state index contributed by atoms with van der Waals surface area (Å²) < 4.78 is 0. The predicted octanol–water partition coefficient (Wildman–Crippen LogP) is 4.32. The number of Topliss-reactive ketones (excluding diaryl/α,β-unsaturated/α-hetero) is 1. The smallest absolute Gasteiger partial charge is 0.144 e. The maximum absolute atomic E-state index is 12.8. The molecular weight excluding hydrogens is 306 g/mol. The molecule has 2 aromatic rings. The van der Waals surface area contributed by atoms with Gasteiger partial charge in [0, 0.05) is 6.04 Å². The molecule has 0 radical (unpaired) electrons. The molecule has 0 aliphatic rings. The van der Waals surface area contributed by atoms with Gasteiger partial charge in [-0.2, -0.15) is 0 Å². The van der Waals surface area contributed by atoms with Gasteiger partial charge in [-0.05, 0) is 45.5 Å². The van der Waals surface area contributed by atoms with E-state index in [9.17, 15) is 4.79 Å². The zero-order valence-electron chi connectivity index (χ0n) is 14.3. The van der Waals surface area contributed by atoms with Gasteiger partial charge in [-0.1, -0.05) is 60.7 Å². The molecule has 0 aliphatic carbocycles. The zero-order valence-corrected chi connectivity index (χ0v) is 15.1. The molecule has 0 N–H and O–H groups in total. The molecule has 0 saturated heterocycles. The average Bonchev–Trinajstić information content (AvgIpc) is 2.53. The van der Waals surface area contributed by atoms with Gasteiger partial charge in [-0.25, -0.2) is 0 Å². The Morgan fingerprint density at radius 1 is 0.957 bits per heavy atom. The lowest BCUT2D eigenvalue weighted by atomic mass is 9.68. The Labute approximate surface area is 145 Å². The lowest BCUT2D eigenvalue weighted by Gasteiger charge is -2.37. The fourth-order valence-electron chi connectivity index (χ4n) is 3.02. The van der Waals surface area contributed by atoms with E-state index in [2.05, 4.69) is 50.2 Å². The summed E-state index contributed by atoms with van der Waals surface area (Å²) in [5.41, 5.74) is 1.55. The number of halogens is 1. The highest BCUT2D eigenvalue weighted by Gasteiger charge is 2.40. The summed E-state index contributed by atoms with van der Waals surface area (Å²) in [7, 11) is 4.12. The summed E-state index contributed by atoms with van der Waals surface area (Å²) in [6.45, 7) is 3.88. The molecule has 2 aromatic carbocycles. The zero-order chi connectivity index (χ0) is 16.2. The largest absolute Gasteiger partial charge is 0.307 e. The summed E-state index contributed by atoms with van der Waals surface area (Å²) in [6, 6.07) is 20.6. The minimum Gasteiger partial charge on any atom is -0.307 e. The van der Waals surface area contributed by atoms with Crippen molar-refractivity contribution in [3.05, 3.63) is 71.8 Å². The van der Waals surface area contributed by atoms with Gasteiger partial charge in [0.25, 0.3) is 0 Å². The van der Waals surface area contributed by atoms with E-state index in [1.54, 1.807) is 6.92 Å². The lowest BCUT2D eigenvalue weighted by molar-refractivity contribution is -0.121. The Kier molecular flexibility index (Phi) is 6.99. The minimum atomic E-state index is -0.591. The normalized spacial score (nSPS) is 12.6. The van der Waals surface area contributed by atoms with Crippen LogP contribution in [0.5, 0.6) is 0 Å². The third-order valence-electron chi connectivity index (χ3n) is 4.62. The highest BCUT2D eigenvalue weighted by molar-refractivity contribution is 5.92. The topological polar surface area (TPSA) is 20.3 Å². The van der Waals surface area contributed by atoms with Crippen molar-refractivity contribution >= 4 is 18.2 Å². The quantitative estimate of drug-likeness (QED) is 0.785. The van der Waals surface area contributed by atoms with E-state index in [1.165, 1.54) is 0 Å². The summed E-state index contributed by atoms with van der Waals surface area (Å²) >= 11 is 0. The van der Waals surface area contributed by atoms with Crippen LogP contribution in [0, 0.1) is 0 Å². The number of nitrogens with zero attached hydrogens (tertiary/aromatic N) is 1. The first kappa shape index (κ1) is 19.4. The van der Waals surface area contributed by atoms with Gasteiger partial charge >= 0.3 is 0 Å². The number of hydrogen-bond donors (Lipinski definition) is 0. The Balaban J connectivity index is 0.00000264. The van der Waals surface area contributed by atoms with E-state index in [1.807, 2.05) is 36.4 Å². The van der Waals surface area contributed by atoms with Crippen LogP contribution in [0.15, 0.2) is 60.7 Å². The second-order valence-electron chi connectivity index (χ2n) is 6.21. The van der Waals surface area contributed by atoms with Crippen LogP contribution in [0.3, 0.4) is 0 Å². The van der Waals surface area contributed by atoms with Gasteiger partial charge in [0.2, 0.25) is 0 Å². The number of hydrogen-bond acceptors (Lipinski definition) is 2. The average molecular weight is 332 g/mol. The standard InChI is InChI=1S/C20H25NO.ClH/c1-16(21(3)4)15-20(17(2)22,18-11-7-5-8-12-18)19-13-9-6-10-14-19;/h5-14,16H,15H2,1-4H3;1H. The second kappa shape index (κ2) is 8.28. The van der Waals surface area contributed by atoms with Crippen molar-refractivity contribution in [3.8, 4) is 0 Å². The van der Waals surface area contributed by atoms with E-state index in [0.29, 0.717) is 6.04 Å². The van der Waals surface area contributed by atoms with E-state index in [-0.39, 0.29) is 18.2 Å². The molecule has 0 fully saturated rings. The van der Waals surface area contributed by atoms with Gasteiger partial charge in [-0.15, -0.1) is 12.4 Å². The molecule has 0 bridgehead atoms. The maximum Gasteiger partial charge on any atom is 0.144 e. The lowest BCUT2D eigenvalue weighted by Crippen LogP contribution is -2.42. The van der Waals surface area contributed by atoms with Crippen molar-refractivity contribution in [1.29, 1.82) is 0 Å². The van der Waals surface area contributed by atoms with Gasteiger partial charge in [0.15, 0.2) is 0 Å². The van der Waals surface area contributed by atoms with Gasteiger partial charge in [-0.3, -0.25) is 4.79 Å². The molecule has 0 saturated carbocycles. The van der Waals surface area contributed by atoms with E-state index in [0.717, 1.165) is 17.5 Å². The SMILES string of the molecule is CC(=O)C(CC(C)N(C)C)(c1ccccc1)c1ccccc1.Cl. The summed E-state index contributed by atoms with van der Waals surface area (Å²) in [4.78, 5) is 15.0. The molecule has 0 spiro atoms. The first-order valence-electron chi connectivity index (χ1n) is 7.77. The molecule has 1 unspecified atom stereocenters. The molecule has 3 heteroatoms. The van der Waals surface area contributed by atoms with E-state index >= 15 is 0 Å². The predicted molar refractivity (Wildman–Crippen MR) is 99.4 cm³/mol. The van der Waals surface area contributed by atoms with Crippen LogP contribution >= 0.6 is 12.4 Å². The van der Waals surface area contributed by atoms with Crippen molar-refractivity contribution in [2.45, 2.75) is 31.7 Å². The molecule has 2 rings (SSSR count). The van der Waals surface area contributed by atoms with Gasteiger partial charge in [0.05, 0.1) is 5.41 Å². The minimum absolute atomic E-state index is 0. The highest BCUT2D eigenvalue weighted by Crippen LogP contribution is 2.38. The summed E-state index contributed by atoms with van der Waals surface area (Å²) in [5, 5.41) is 0. The Morgan fingerprint density at radius 3 is 1.65 bits per heavy atom. The first-order valence-corrected chi connectivity index (χ1v) is 7.77. The number of ketones is 1. The molecule has 0 heterocycles. The molecule has 0 amide bonds. The van der Waals surface area contributed by atoms with Crippen LogP contribution in [0.2, 0.25) is 0 Å². The monoisotopic (exact) mass is 331 g/mol. The Morgan fingerprint density at radius 2 is 1.35 bits per heavy atom. The molecule has 1 atom stereocenters. The number of rotatable bonds is 6. The first-order chi connectivity index (χ1) is 10.5. The van der Waals surface area contributed by atoms with E-state index in [4.69, 9.17) is 0 Å². The maximum atomic E-state index is 12.8. The molecule has 124 valence electrons. The molecule has 0 aromatic heterocycles. The number of carbonyl (C=O) groups excluding carboxylic acids is 1. The molecular formula is C20H26ClNO. The summed E-state index contributed by atoms with van der Waals surface area (Å²) in [6.07, 6.45) is 0.767. The van der Waals surface area contributed by atoms with Gasteiger partial charge in [0.1, 0.15) is 5.78 Å². The van der Waals surface area contributed by atoms with Crippen molar-refractivity contribution < 1.29 is 4.79 Å². The van der Waals surface area contributed by atoms with Crippen LogP contribution in [0.25, 0.3) is 0 Å². The van der Waals surface area contributed by atoms with Crippen LogP contribution in [-0.4, -0.2) is 30.8 Å². The molecule has 2 nitrogen and oxygen atoms in total. The fourth-order valence-corrected chi connectivity index (χ4v) is 3.02. The highest BCUT2D eigenvalue weighted by atomic mass is 35.5. The number of carbonyl (C=O) groups is 1. The summed E-state index contributed by atoms with van der Waals surface area (Å²) in [5.74, 6) is 0.193. The Bertz CT molecular complexity index is 571. The van der Waals surface area contributed by atoms with Crippen molar-refractivity contribution in [2.75, 3.05) is 14.1 Å². The molecule has 23 heavy (non-hydrogen) atoms. The third-order valence-corrected chi connectivity index (χ3v) is 4.62.